The Kier molecular flexibility index (Phi) is 4.02. The van der Waals surface area contributed by atoms with Crippen LogP contribution < -0.4 is 4.74 Å². The standard InChI is InChI=1S/C24H25N5O3/c1-15(2)32-22-21-27-20(24-12-23(3,13-24)31-14-24)11-28(21)10-16(26-22)9-19(30)18-6-4-5-17-7-8-25-29(17)18/h4-8,10-11,15H,9,12-14H2,1-3H3. The van der Waals surface area contributed by atoms with Gasteiger partial charge in [-0.3, -0.25) is 4.79 Å². The molecule has 6 heterocycles. The van der Waals surface area contributed by atoms with E-state index in [4.69, 9.17) is 14.5 Å². The molecule has 3 fully saturated rings. The second kappa shape index (κ2) is 6.62. The molecule has 164 valence electrons. The second-order valence-corrected chi connectivity index (χ2v) is 9.61. The molecule has 4 aromatic rings. The molecule has 1 saturated carbocycles. The average molecular weight is 431 g/mol. The third kappa shape index (κ3) is 2.93. The number of hydrogen-bond donors (Lipinski definition) is 0. The number of Topliss-reactive ketones (excluding diaryl/α,β-unsaturated/α-hetero) is 1. The summed E-state index contributed by atoms with van der Waals surface area (Å²) in [6.45, 7) is 6.77. The van der Waals surface area contributed by atoms with Gasteiger partial charge in [-0.1, -0.05) is 6.07 Å². The maximum Gasteiger partial charge on any atom is 0.258 e. The van der Waals surface area contributed by atoms with Crippen LogP contribution in [-0.2, 0) is 16.6 Å². The zero-order valence-electron chi connectivity index (χ0n) is 18.4. The fraction of sp³-hybridized carbons (Fsp3) is 0.417. The SMILES string of the molecule is CC(C)Oc1nc(CC(=O)c2cccc3ccnn23)cn2cc(C34COC(C)(C3)C4)nc12. The number of nitrogens with zero attached hydrogens (tertiary/aromatic N) is 5. The van der Waals surface area contributed by atoms with Gasteiger partial charge >= 0.3 is 0 Å². The highest BCUT2D eigenvalue weighted by Crippen LogP contribution is 2.58. The van der Waals surface area contributed by atoms with Gasteiger partial charge in [0.05, 0.1) is 47.8 Å². The van der Waals surface area contributed by atoms with Gasteiger partial charge in [0.25, 0.3) is 5.88 Å². The monoisotopic (exact) mass is 431 g/mol. The molecule has 7 rings (SSSR count). The van der Waals surface area contributed by atoms with E-state index in [9.17, 15) is 4.79 Å². The van der Waals surface area contributed by atoms with Gasteiger partial charge in [-0.25, -0.2) is 14.5 Å². The van der Waals surface area contributed by atoms with Crippen molar-refractivity contribution in [3.8, 4) is 5.88 Å². The van der Waals surface area contributed by atoms with E-state index in [0.717, 1.165) is 24.1 Å². The van der Waals surface area contributed by atoms with Crippen LogP contribution >= 0.6 is 0 Å². The fourth-order valence-electron chi connectivity index (χ4n) is 5.23. The zero-order valence-corrected chi connectivity index (χ0v) is 18.4. The molecule has 0 amide bonds. The topological polar surface area (TPSA) is 83.0 Å². The maximum absolute atomic E-state index is 13.1. The summed E-state index contributed by atoms with van der Waals surface area (Å²) in [5, 5.41) is 4.28. The van der Waals surface area contributed by atoms with Crippen LogP contribution in [0, 0.1) is 0 Å². The summed E-state index contributed by atoms with van der Waals surface area (Å²) in [6, 6.07) is 7.45. The molecule has 3 aliphatic rings. The molecular weight excluding hydrogens is 406 g/mol. The molecule has 8 nitrogen and oxygen atoms in total. The number of carbonyl (C=O) groups excluding carboxylic acids is 1. The van der Waals surface area contributed by atoms with Gasteiger partial charge in [-0.05, 0) is 51.8 Å². The number of rotatable bonds is 6. The predicted octanol–water partition coefficient (Wildman–Crippen LogP) is 3.41. The lowest BCUT2D eigenvalue weighted by atomic mass is 9.62. The van der Waals surface area contributed by atoms with Gasteiger partial charge < -0.3 is 13.9 Å². The molecule has 8 heteroatoms. The number of carbonyl (C=O) groups is 1. The van der Waals surface area contributed by atoms with Crippen LogP contribution in [0.4, 0.5) is 0 Å². The first-order valence-corrected chi connectivity index (χ1v) is 11.0. The van der Waals surface area contributed by atoms with Gasteiger partial charge in [-0.2, -0.15) is 5.10 Å². The summed E-state index contributed by atoms with van der Waals surface area (Å²) in [4.78, 5) is 22.7. The Hall–Kier alpha value is -3.26. The molecule has 2 aliphatic heterocycles. The second-order valence-electron chi connectivity index (χ2n) is 9.61. The molecule has 0 spiro atoms. The van der Waals surface area contributed by atoms with Crippen molar-refractivity contribution in [1.29, 1.82) is 0 Å². The van der Waals surface area contributed by atoms with Crippen LogP contribution in [0.3, 0.4) is 0 Å². The summed E-state index contributed by atoms with van der Waals surface area (Å²) in [5.41, 5.74) is 3.68. The van der Waals surface area contributed by atoms with Crippen molar-refractivity contribution < 1.29 is 14.3 Å². The fourth-order valence-corrected chi connectivity index (χ4v) is 5.23. The van der Waals surface area contributed by atoms with Crippen LogP contribution in [0.5, 0.6) is 5.88 Å². The minimum Gasteiger partial charge on any atom is -0.472 e. The van der Waals surface area contributed by atoms with E-state index in [1.54, 1.807) is 16.8 Å². The number of pyridine rings is 1. The van der Waals surface area contributed by atoms with E-state index in [-0.39, 0.29) is 29.3 Å². The first-order valence-electron chi connectivity index (χ1n) is 11.0. The summed E-state index contributed by atoms with van der Waals surface area (Å²) in [6.07, 6.45) is 7.66. The quantitative estimate of drug-likeness (QED) is 0.435. The lowest BCUT2D eigenvalue weighted by Crippen LogP contribution is -2.45. The molecule has 1 aliphatic carbocycles. The van der Waals surface area contributed by atoms with Crippen LogP contribution in [-0.4, -0.2) is 48.1 Å². The van der Waals surface area contributed by atoms with Crippen molar-refractivity contribution in [1.82, 2.24) is 24.0 Å². The zero-order chi connectivity index (χ0) is 22.1. The minimum absolute atomic E-state index is 0.0174. The highest BCUT2D eigenvalue weighted by molar-refractivity contribution is 5.96. The summed E-state index contributed by atoms with van der Waals surface area (Å²) in [5.74, 6) is 0.394. The molecule has 32 heavy (non-hydrogen) atoms. The van der Waals surface area contributed by atoms with Crippen LogP contribution in [0.15, 0.2) is 42.9 Å². The Morgan fingerprint density at radius 1 is 1.22 bits per heavy atom. The molecule has 0 N–H and O–H groups in total. The molecule has 2 bridgehead atoms. The first-order chi connectivity index (χ1) is 15.3. The van der Waals surface area contributed by atoms with E-state index in [1.807, 2.05) is 48.8 Å². The largest absolute Gasteiger partial charge is 0.472 e. The van der Waals surface area contributed by atoms with Crippen molar-refractivity contribution in [3.05, 3.63) is 59.9 Å². The van der Waals surface area contributed by atoms with Crippen molar-refractivity contribution >= 4 is 16.9 Å². The Balaban J connectivity index is 1.38. The number of ether oxygens (including phenoxy) is 2. The van der Waals surface area contributed by atoms with E-state index >= 15 is 0 Å². The van der Waals surface area contributed by atoms with Crippen molar-refractivity contribution in [2.45, 2.75) is 57.2 Å². The third-order valence-electron chi connectivity index (χ3n) is 6.52. The van der Waals surface area contributed by atoms with Gasteiger partial charge in [0, 0.05) is 17.8 Å². The molecule has 4 aromatic heterocycles. The number of aromatic nitrogens is 5. The lowest BCUT2D eigenvalue weighted by molar-refractivity contribution is 0.0154. The minimum atomic E-state index is -0.0600. The van der Waals surface area contributed by atoms with Crippen LogP contribution in [0.2, 0.25) is 0 Å². The van der Waals surface area contributed by atoms with E-state index in [1.165, 1.54) is 0 Å². The van der Waals surface area contributed by atoms with Crippen LogP contribution in [0.25, 0.3) is 11.2 Å². The van der Waals surface area contributed by atoms with Gasteiger partial charge in [0.2, 0.25) is 5.65 Å². The molecule has 0 aromatic carbocycles. The first kappa shape index (κ1) is 19.4. The highest BCUT2D eigenvalue weighted by Gasteiger charge is 2.61. The van der Waals surface area contributed by atoms with E-state index in [2.05, 4.69) is 17.0 Å². The Bertz CT molecular complexity index is 1360. The summed E-state index contributed by atoms with van der Waals surface area (Å²) >= 11 is 0. The van der Waals surface area contributed by atoms with Gasteiger partial charge in [-0.15, -0.1) is 0 Å². The maximum atomic E-state index is 13.1. The lowest BCUT2D eigenvalue weighted by Gasteiger charge is -2.41. The summed E-state index contributed by atoms with van der Waals surface area (Å²) in [7, 11) is 0. The van der Waals surface area contributed by atoms with Gasteiger partial charge in [0.15, 0.2) is 5.78 Å². The van der Waals surface area contributed by atoms with Crippen LogP contribution in [0.1, 0.15) is 55.5 Å². The normalized spacial score (nSPS) is 24.4. The molecule has 0 atom stereocenters. The molecule has 0 unspecified atom stereocenters. The number of fused-ring (bicyclic) bond motifs is 3. The van der Waals surface area contributed by atoms with Crippen molar-refractivity contribution in [2.24, 2.45) is 0 Å². The third-order valence-corrected chi connectivity index (χ3v) is 6.52. The van der Waals surface area contributed by atoms with Crippen molar-refractivity contribution in [3.63, 3.8) is 0 Å². The average Bonchev–Trinajstić information content (AvgIpc) is 3.47. The molecular formula is C24H25N5O3. The predicted molar refractivity (Wildman–Crippen MR) is 117 cm³/mol. The molecule has 2 saturated heterocycles. The number of hydrogen-bond acceptors (Lipinski definition) is 6. The smallest absolute Gasteiger partial charge is 0.258 e. The Morgan fingerprint density at radius 3 is 2.81 bits per heavy atom. The van der Waals surface area contributed by atoms with E-state index < -0.39 is 0 Å². The van der Waals surface area contributed by atoms with Gasteiger partial charge in [0.1, 0.15) is 5.69 Å². The summed E-state index contributed by atoms with van der Waals surface area (Å²) < 4.78 is 15.6. The van der Waals surface area contributed by atoms with Crippen molar-refractivity contribution in [2.75, 3.05) is 6.61 Å². The highest BCUT2D eigenvalue weighted by atomic mass is 16.5. The Morgan fingerprint density at radius 2 is 2.06 bits per heavy atom. The molecule has 0 radical (unpaired) electrons. The number of ketones is 1. The number of imidazole rings is 1. The Labute approximate surface area is 185 Å². The van der Waals surface area contributed by atoms with E-state index in [0.29, 0.717) is 29.5 Å².